The normalized spacial score (nSPS) is 17.0. The van der Waals surface area contributed by atoms with E-state index in [0.29, 0.717) is 0 Å². The minimum atomic E-state index is -4.54. The molecule has 3 atom stereocenters. The van der Waals surface area contributed by atoms with Gasteiger partial charge in [0, 0.05) is 0 Å². The second-order valence-electron chi connectivity index (χ2n) is 3.94. The average molecular weight is 300 g/mol. The molecule has 0 amide bonds. The second kappa shape index (κ2) is 6.56. The van der Waals surface area contributed by atoms with Crippen molar-refractivity contribution in [1.29, 1.82) is 0 Å². The van der Waals surface area contributed by atoms with Gasteiger partial charge in [-0.15, -0.1) is 0 Å². The maximum Gasteiger partial charge on any atom is 0.416 e. The van der Waals surface area contributed by atoms with Crippen molar-refractivity contribution in [3.05, 3.63) is 35.4 Å². The van der Waals surface area contributed by atoms with Gasteiger partial charge in [-0.1, -0.05) is 18.2 Å². The molecule has 0 saturated carbocycles. The molecule has 0 aliphatic heterocycles. The van der Waals surface area contributed by atoms with Gasteiger partial charge in [0.2, 0.25) is 6.36 Å². The van der Waals surface area contributed by atoms with Crippen molar-refractivity contribution >= 4 is 12.6 Å². The Balaban J connectivity index is 2.96. The zero-order valence-electron chi connectivity index (χ0n) is 9.99. The average Bonchev–Trinajstić information content (AvgIpc) is 2.36. The summed E-state index contributed by atoms with van der Waals surface area (Å²) in [6.45, 7) is -0.0151. The Hall–Kier alpha value is -0.820. The number of rotatable bonds is 5. The monoisotopic (exact) mass is 300 g/mol. The minimum absolute atomic E-state index is 0.128. The standard InChI is InChI=1S/C12H13F5OS/c1-7(18-10(14)6-13)11(19)8-4-2-3-5-9(8)12(15,16)17/h2-5,7,10-11,19H,6H2,1H3. The second-order valence-corrected chi connectivity index (χ2v) is 4.49. The fourth-order valence-corrected chi connectivity index (χ4v) is 1.91. The molecular weight excluding hydrogens is 287 g/mol. The quantitative estimate of drug-likeness (QED) is 0.628. The molecule has 1 aromatic rings. The van der Waals surface area contributed by atoms with E-state index in [9.17, 15) is 22.0 Å². The number of benzene rings is 1. The molecule has 1 nitrogen and oxygen atoms in total. The van der Waals surface area contributed by atoms with Crippen LogP contribution in [0.25, 0.3) is 0 Å². The van der Waals surface area contributed by atoms with E-state index in [0.717, 1.165) is 6.07 Å². The third-order valence-electron chi connectivity index (χ3n) is 2.51. The Morgan fingerprint density at radius 3 is 2.37 bits per heavy atom. The molecule has 0 fully saturated rings. The highest BCUT2D eigenvalue weighted by molar-refractivity contribution is 7.80. The first-order valence-corrected chi connectivity index (χ1v) is 5.98. The fourth-order valence-electron chi connectivity index (χ4n) is 1.61. The number of thiol groups is 1. The van der Waals surface area contributed by atoms with Crippen LogP contribution in [0.2, 0.25) is 0 Å². The van der Waals surface area contributed by atoms with E-state index in [-0.39, 0.29) is 5.56 Å². The summed E-state index contributed by atoms with van der Waals surface area (Å²) in [5.41, 5.74) is -0.988. The molecule has 3 unspecified atom stereocenters. The minimum Gasteiger partial charge on any atom is -0.342 e. The summed E-state index contributed by atoms with van der Waals surface area (Å²) in [7, 11) is 0. The van der Waals surface area contributed by atoms with Crippen molar-refractivity contribution in [2.75, 3.05) is 6.67 Å². The molecular formula is C12H13F5OS. The van der Waals surface area contributed by atoms with E-state index >= 15 is 0 Å². The van der Waals surface area contributed by atoms with Gasteiger partial charge in [0.05, 0.1) is 16.9 Å². The number of hydrogen-bond acceptors (Lipinski definition) is 2. The van der Waals surface area contributed by atoms with Gasteiger partial charge < -0.3 is 4.74 Å². The van der Waals surface area contributed by atoms with Gasteiger partial charge in [-0.05, 0) is 18.6 Å². The Bertz CT molecular complexity index is 409. The SMILES string of the molecule is CC(OC(F)CF)C(S)c1ccccc1C(F)(F)F. The highest BCUT2D eigenvalue weighted by Crippen LogP contribution is 2.38. The zero-order chi connectivity index (χ0) is 14.6. The van der Waals surface area contributed by atoms with Gasteiger partial charge in [0.1, 0.15) is 6.67 Å². The lowest BCUT2D eigenvalue weighted by Gasteiger charge is -2.24. The third kappa shape index (κ3) is 4.35. The molecule has 0 heterocycles. The van der Waals surface area contributed by atoms with E-state index in [1.807, 2.05) is 0 Å². The Kier molecular flexibility index (Phi) is 5.61. The van der Waals surface area contributed by atoms with Crippen molar-refractivity contribution in [3.63, 3.8) is 0 Å². The van der Waals surface area contributed by atoms with Crippen molar-refractivity contribution in [2.45, 2.75) is 30.8 Å². The lowest BCUT2D eigenvalue weighted by atomic mass is 10.0. The van der Waals surface area contributed by atoms with Gasteiger partial charge in [0.25, 0.3) is 0 Å². The maximum absolute atomic E-state index is 12.8. The molecule has 0 N–H and O–H groups in total. The van der Waals surface area contributed by atoms with Gasteiger partial charge in [-0.2, -0.15) is 25.8 Å². The summed E-state index contributed by atoms with van der Waals surface area (Å²) in [4.78, 5) is 0. The van der Waals surface area contributed by atoms with E-state index in [2.05, 4.69) is 17.4 Å². The Morgan fingerprint density at radius 1 is 1.26 bits per heavy atom. The topological polar surface area (TPSA) is 9.23 Å². The molecule has 0 bridgehead atoms. The Morgan fingerprint density at radius 2 is 1.84 bits per heavy atom. The predicted octanol–water partition coefficient (Wildman–Crippen LogP) is 4.35. The lowest BCUT2D eigenvalue weighted by Crippen LogP contribution is -2.23. The first-order valence-electron chi connectivity index (χ1n) is 5.47. The first-order chi connectivity index (χ1) is 8.77. The van der Waals surface area contributed by atoms with E-state index < -0.39 is 36.1 Å². The van der Waals surface area contributed by atoms with Gasteiger partial charge >= 0.3 is 6.18 Å². The van der Waals surface area contributed by atoms with Crippen molar-refractivity contribution in [3.8, 4) is 0 Å². The molecule has 0 aliphatic rings. The third-order valence-corrected chi connectivity index (χ3v) is 3.21. The van der Waals surface area contributed by atoms with Crippen LogP contribution < -0.4 is 0 Å². The van der Waals surface area contributed by atoms with Crippen LogP contribution in [0.15, 0.2) is 24.3 Å². The molecule has 19 heavy (non-hydrogen) atoms. The van der Waals surface area contributed by atoms with Crippen LogP contribution in [0.4, 0.5) is 22.0 Å². The van der Waals surface area contributed by atoms with Crippen LogP contribution in [0.5, 0.6) is 0 Å². The number of ether oxygens (including phenoxy) is 1. The molecule has 1 rings (SSSR count). The van der Waals surface area contributed by atoms with Crippen molar-refractivity contribution in [2.24, 2.45) is 0 Å². The number of halogens is 5. The van der Waals surface area contributed by atoms with E-state index in [1.54, 1.807) is 0 Å². The van der Waals surface area contributed by atoms with Crippen LogP contribution in [0, 0.1) is 0 Å². The summed E-state index contributed by atoms with van der Waals surface area (Å²) < 4.78 is 67.7. The van der Waals surface area contributed by atoms with E-state index in [1.165, 1.54) is 25.1 Å². The van der Waals surface area contributed by atoms with Crippen LogP contribution in [-0.4, -0.2) is 19.1 Å². The summed E-state index contributed by atoms with van der Waals surface area (Å²) in [5.74, 6) is 0. The smallest absolute Gasteiger partial charge is 0.342 e. The first kappa shape index (κ1) is 16.2. The highest BCUT2D eigenvalue weighted by atomic mass is 32.1. The lowest BCUT2D eigenvalue weighted by molar-refractivity contribution is -0.138. The predicted molar refractivity (Wildman–Crippen MR) is 64.6 cm³/mol. The fraction of sp³-hybridized carbons (Fsp3) is 0.500. The molecule has 1 aromatic carbocycles. The van der Waals surface area contributed by atoms with Crippen molar-refractivity contribution < 1.29 is 26.7 Å². The summed E-state index contributed by atoms with van der Waals surface area (Å²) in [6, 6.07) is 4.82. The number of alkyl halides is 5. The van der Waals surface area contributed by atoms with Crippen LogP contribution >= 0.6 is 12.6 Å². The van der Waals surface area contributed by atoms with Gasteiger partial charge in [-0.25, -0.2) is 8.78 Å². The maximum atomic E-state index is 12.8. The van der Waals surface area contributed by atoms with E-state index in [4.69, 9.17) is 0 Å². The van der Waals surface area contributed by atoms with Gasteiger partial charge in [-0.3, -0.25) is 0 Å². The van der Waals surface area contributed by atoms with Crippen LogP contribution in [-0.2, 0) is 10.9 Å². The summed E-state index contributed by atoms with van der Waals surface area (Å²) in [5, 5.41) is -1.01. The largest absolute Gasteiger partial charge is 0.416 e. The molecule has 108 valence electrons. The summed E-state index contributed by atoms with van der Waals surface area (Å²) in [6.07, 6.45) is -7.70. The molecule has 0 radical (unpaired) electrons. The molecule has 0 saturated heterocycles. The molecule has 7 heteroatoms. The number of hydrogen-bond donors (Lipinski definition) is 1. The Labute approximate surface area is 113 Å². The van der Waals surface area contributed by atoms with Gasteiger partial charge in [0.15, 0.2) is 0 Å². The molecule has 0 spiro atoms. The molecule has 0 aromatic heterocycles. The van der Waals surface area contributed by atoms with Crippen LogP contribution in [0.3, 0.4) is 0 Å². The van der Waals surface area contributed by atoms with Crippen molar-refractivity contribution in [1.82, 2.24) is 0 Å². The molecule has 0 aliphatic carbocycles. The summed E-state index contributed by atoms with van der Waals surface area (Å²) >= 11 is 4.02. The zero-order valence-corrected chi connectivity index (χ0v) is 10.9. The highest BCUT2D eigenvalue weighted by Gasteiger charge is 2.35. The van der Waals surface area contributed by atoms with Crippen LogP contribution in [0.1, 0.15) is 23.3 Å².